The van der Waals surface area contributed by atoms with Crippen LogP contribution >= 0.6 is 0 Å². The second-order valence-electron chi connectivity index (χ2n) is 11.4. The fourth-order valence-corrected chi connectivity index (χ4v) is 5.96. The lowest BCUT2D eigenvalue weighted by atomic mass is 9.82. The molecular weight excluding hydrogens is 596 g/mol. The number of carbonyl (C=O) groups is 3. The van der Waals surface area contributed by atoms with Crippen LogP contribution in [0.15, 0.2) is 42.5 Å². The number of hydrogen-bond donors (Lipinski definition) is 1. The number of esters is 1. The van der Waals surface area contributed by atoms with Crippen LogP contribution in [-0.4, -0.2) is 92.5 Å². The average Bonchev–Trinajstić information content (AvgIpc) is 3.68. The van der Waals surface area contributed by atoms with Gasteiger partial charge in [0.15, 0.2) is 11.5 Å². The summed E-state index contributed by atoms with van der Waals surface area (Å²) in [6.45, 7) is 6.96. The van der Waals surface area contributed by atoms with Crippen molar-refractivity contribution in [2.24, 2.45) is 5.92 Å². The molecule has 252 valence electrons. The smallest absolute Gasteiger partial charge is 0.497 e. The fraction of sp³-hybridized carbons (Fsp3) is 0.559. The van der Waals surface area contributed by atoms with Crippen LogP contribution in [-0.2, 0) is 23.8 Å². The van der Waals surface area contributed by atoms with Gasteiger partial charge in [-0.3, -0.25) is 14.5 Å². The third-order valence-electron chi connectivity index (χ3n) is 8.26. The molecule has 0 bridgehead atoms. The summed E-state index contributed by atoms with van der Waals surface area (Å²) in [4.78, 5) is 44.0. The molecule has 4 rings (SSSR count). The number of likely N-dealkylation sites (tertiary alicyclic amines) is 1. The number of benzene rings is 2. The maximum atomic E-state index is 14.1. The minimum Gasteiger partial charge on any atom is -0.497 e. The Morgan fingerprint density at radius 3 is 2.30 bits per heavy atom. The molecule has 4 atom stereocenters. The molecule has 2 heterocycles. The van der Waals surface area contributed by atoms with Crippen molar-refractivity contribution >= 4 is 18.0 Å². The maximum Gasteiger partial charge on any atom is 0.511 e. The summed E-state index contributed by atoms with van der Waals surface area (Å²) in [6, 6.07) is 12.5. The van der Waals surface area contributed by atoms with Crippen LogP contribution in [0.1, 0.15) is 69.5 Å². The quantitative estimate of drug-likeness (QED) is 0.203. The second-order valence-corrected chi connectivity index (χ2v) is 11.4. The molecule has 2 aliphatic rings. The Morgan fingerprint density at radius 2 is 1.65 bits per heavy atom. The molecule has 0 radical (unpaired) electrons. The van der Waals surface area contributed by atoms with Gasteiger partial charge in [-0.15, -0.1) is 0 Å². The van der Waals surface area contributed by atoms with Gasteiger partial charge in [-0.05, 0) is 48.2 Å². The van der Waals surface area contributed by atoms with E-state index < -0.39 is 36.3 Å². The number of carbonyl (C=O) groups excluding carboxylic acids is 3. The van der Waals surface area contributed by atoms with Crippen molar-refractivity contribution in [3.8, 4) is 17.2 Å². The molecule has 46 heavy (non-hydrogen) atoms. The Morgan fingerprint density at radius 1 is 0.978 bits per heavy atom. The second kappa shape index (κ2) is 17.0. The van der Waals surface area contributed by atoms with Gasteiger partial charge in [0.25, 0.3) is 0 Å². The Labute approximate surface area is 270 Å². The first-order valence-corrected chi connectivity index (χ1v) is 16.0. The Hall–Kier alpha value is -4.03. The minimum atomic E-state index is -1.26. The van der Waals surface area contributed by atoms with Crippen LogP contribution in [0, 0.1) is 5.92 Å². The Bertz CT molecular complexity index is 1300. The summed E-state index contributed by atoms with van der Waals surface area (Å²) in [6.07, 6.45) is 1.44. The van der Waals surface area contributed by atoms with E-state index >= 15 is 0 Å². The number of nitrogens with zero attached hydrogens (tertiary/aromatic N) is 2. The highest BCUT2D eigenvalue weighted by Crippen LogP contribution is 2.48. The Balaban J connectivity index is 1.70. The minimum absolute atomic E-state index is 0.00203. The van der Waals surface area contributed by atoms with Gasteiger partial charge in [-0.2, -0.15) is 0 Å². The number of unbranched alkanes of at least 4 members (excludes halogenated alkanes) is 2. The van der Waals surface area contributed by atoms with E-state index in [0.717, 1.165) is 36.8 Å². The number of fused-ring (bicyclic) bond motifs is 1. The zero-order valence-electron chi connectivity index (χ0n) is 27.1. The maximum absolute atomic E-state index is 14.1. The molecule has 1 fully saturated rings. The summed E-state index contributed by atoms with van der Waals surface area (Å²) in [7, 11) is 1.58. The highest BCUT2D eigenvalue weighted by atomic mass is 16.8. The van der Waals surface area contributed by atoms with Crippen molar-refractivity contribution < 1.29 is 47.9 Å². The molecule has 0 saturated carbocycles. The largest absolute Gasteiger partial charge is 0.511 e. The highest BCUT2D eigenvalue weighted by molar-refractivity contribution is 5.80. The van der Waals surface area contributed by atoms with Crippen molar-refractivity contribution in [2.45, 2.75) is 64.7 Å². The van der Waals surface area contributed by atoms with Gasteiger partial charge in [0, 0.05) is 38.5 Å². The molecule has 0 spiro atoms. The number of methoxy groups -OCH3 is 1. The zero-order valence-corrected chi connectivity index (χ0v) is 27.1. The molecule has 12 nitrogen and oxygen atoms in total. The van der Waals surface area contributed by atoms with Crippen molar-refractivity contribution in [2.75, 3.05) is 53.3 Å². The molecule has 12 heteroatoms. The number of hydrogen-bond acceptors (Lipinski definition) is 11. The van der Waals surface area contributed by atoms with Gasteiger partial charge >= 0.3 is 12.1 Å². The van der Waals surface area contributed by atoms with Gasteiger partial charge in [-0.1, -0.05) is 44.9 Å². The van der Waals surface area contributed by atoms with Crippen LogP contribution < -0.4 is 14.2 Å². The topological polar surface area (TPSA) is 133 Å². The molecule has 1 amide bonds. The van der Waals surface area contributed by atoms with Gasteiger partial charge in [0.05, 0.1) is 26.2 Å². The number of rotatable bonds is 16. The molecule has 1 unspecified atom stereocenters. The van der Waals surface area contributed by atoms with Gasteiger partial charge < -0.3 is 38.4 Å². The van der Waals surface area contributed by atoms with E-state index in [1.807, 2.05) is 52.3 Å². The van der Waals surface area contributed by atoms with E-state index in [-0.39, 0.29) is 32.5 Å². The number of ether oxygens (including phenoxy) is 6. The van der Waals surface area contributed by atoms with Crippen molar-refractivity contribution in [1.29, 1.82) is 0 Å². The van der Waals surface area contributed by atoms with Crippen LogP contribution in [0.5, 0.6) is 17.2 Å². The van der Waals surface area contributed by atoms with E-state index in [2.05, 4.69) is 13.8 Å². The van der Waals surface area contributed by atoms with Gasteiger partial charge in [0.1, 0.15) is 12.4 Å². The summed E-state index contributed by atoms with van der Waals surface area (Å²) in [5, 5.41) is 8.94. The van der Waals surface area contributed by atoms with E-state index in [1.165, 1.54) is 6.92 Å². The lowest BCUT2D eigenvalue weighted by Gasteiger charge is -2.31. The third kappa shape index (κ3) is 8.82. The van der Waals surface area contributed by atoms with Crippen molar-refractivity contribution in [3.63, 3.8) is 0 Å². The summed E-state index contributed by atoms with van der Waals surface area (Å²) < 4.78 is 32.1. The van der Waals surface area contributed by atoms with E-state index in [9.17, 15) is 14.4 Å². The number of aliphatic hydroxyl groups is 1. The molecule has 2 aromatic carbocycles. The molecule has 0 aliphatic carbocycles. The van der Waals surface area contributed by atoms with E-state index in [1.54, 1.807) is 7.11 Å². The monoisotopic (exact) mass is 642 g/mol. The predicted octanol–water partition coefficient (Wildman–Crippen LogP) is 4.64. The van der Waals surface area contributed by atoms with Crippen molar-refractivity contribution in [1.82, 2.24) is 9.80 Å². The Kier molecular flexibility index (Phi) is 12.9. The summed E-state index contributed by atoms with van der Waals surface area (Å²) in [5.41, 5.74) is 1.63. The standard InChI is InChI=1S/C34H46N2O10/c1-5-7-15-35(16-8-6-2)30(38)21-36-20-27(25-11-14-28-29(19-25)44-22-43-28)31(32(36)24-9-12-26(41-4)13-10-24)33(39)45-23(3)46-34(40)42-18-17-37/h9-14,19,23,27,31-32,37H,5-8,15-18,20-22H2,1-4H3/t23?,27-,31-,32+/m1/s1. The molecule has 0 aromatic heterocycles. The molecule has 2 aliphatic heterocycles. The van der Waals surface area contributed by atoms with Crippen molar-refractivity contribution in [3.05, 3.63) is 53.6 Å². The lowest BCUT2D eigenvalue weighted by molar-refractivity contribution is -0.174. The molecule has 2 aromatic rings. The normalized spacial score (nSPS) is 19.4. The third-order valence-corrected chi connectivity index (χ3v) is 8.26. The first kappa shape index (κ1) is 34.8. The fourth-order valence-electron chi connectivity index (χ4n) is 5.96. The number of amides is 1. The van der Waals surface area contributed by atoms with Crippen LogP contribution in [0.3, 0.4) is 0 Å². The first-order chi connectivity index (χ1) is 22.3. The SMILES string of the molecule is CCCCN(CCCC)C(=O)CN1C[C@H](c2ccc3c(c2)OCO3)[C@@H](C(=O)OC(C)OC(=O)OCCO)[C@@H]1c1ccc(OC)cc1. The lowest BCUT2D eigenvalue weighted by Crippen LogP contribution is -2.42. The van der Waals surface area contributed by atoms with Crippen LogP contribution in [0.4, 0.5) is 4.79 Å². The van der Waals surface area contributed by atoms with Gasteiger partial charge in [-0.25, -0.2) is 4.79 Å². The van der Waals surface area contributed by atoms with Crippen LogP contribution in [0.2, 0.25) is 0 Å². The van der Waals surface area contributed by atoms with Crippen LogP contribution in [0.25, 0.3) is 0 Å². The van der Waals surface area contributed by atoms with E-state index in [4.69, 9.17) is 33.5 Å². The summed E-state index contributed by atoms with van der Waals surface area (Å²) >= 11 is 0. The molecular formula is C34H46N2O10. The molecule has 1 N–H and O–H groups in total. The highest BCUT2D eigenvalue weighted by Gasteiger charge is 2.49. The van der Waals surface area contributed by atoms with E-state index in [0.29, 0.717) is 36.9 Å². The summed E-state index contributed by atoms with van der Waals surface area (Å²) in [5.74, 6) is 0.0525. The first-order valence-electron chi connectivity index (χ1n) is 16.0. The number of aliphatic hydroxyl groups excluding tert-OH is 1. The zero-order chi connectivity index (χ0) is 33.1. The molecule has 1 saturated heterocycles. The predicted molar refractivity (Wildman–Crippen MR) is 168 cm³/mol. The average molecular weight is 643 g/mol. The van der Waals surface area contributed by atoms with Gasteiger partial charge in [0.2, 0.25) is 19.0 Å².